The highest BCUT2D eigenvalue weighted by Crippen LogP contribution is 2.33. The van der Waals surface area contributed by atoms with Gasteiger partial charge in [0.15, 0.2) is 5.79 Å². The highest BCUT2D eigenvalue weighted by Gasteiger charge is 2.42. The van der Waals surface area contributed by atoms with Crippen LogP contribution in [0.4, 0.5) is 4.39 Å². The molecule has 1 aromatic rings. The quantitative estimate of drug-likeness (QED) is 0.926. The summed E-state index contributed by atoms with van der Waals surface area (Å²) < 4.78 is 30.2. The van der Waals surface area contributed by atoms with Crippen molar-refractivity contribution in [1.82, 2.24) is 5.32 Å². The summed E-state index contributed by atoms with van der Waals surface area (Å²) in [5, 5.41) is 3.42. The van der Waals surface area contributed by atoms with E-state index in [9.17, 15) is 4.39 Å². The Morgan fingerprint density at radius 3 is 2.71 bits per heavy atom. The van der Waals surface area contributed by atoms with E-state index in [4.69, 9.17) is 14.2 Å². The third kappa shape index (κ3) is 3.61. The zero-order valence-corrected chi connectivity index (χ0v) is 12.3. The van der Waals surface area contributed by atoms with Crippen LogP contribution in [0.2, 0.25) is 0 Å². The molecule has 0 saturated carbocycles. The van der Waals surface area contributed by atoms with Crippen LogP contribution in [0.5, 0.6) is 0 Å². The molecule has 5 heteroatoms. The van der Waals surface area contributed by atoms with E-state index in [1.807, 2.05) is 0 Å². The van der Waals surface area contributed by atoms with Gasteiger partial charge in [0.2, 0.25) is 0 Å². The molecule has 1 aromatic carbocycles. The van der Waals surface area contributed by atoms with Crippen LogP contribution in [0.1, 0.15) is 31.4 Å². The van der Waals surface area contributed by atoms with Crippen molar-refractivity contribution >= 4 is 0 Å². The number of hydrogen-bond acceptors (Lipinski definition) is 4. The van der Waals surface area contributed by atoms with Crippen molar-refractivity contribution in [3.05, 3.63) is 35.6 Å². The van der Waals surface area contributed by atoms with E-state index >= 15 is 0 Å². The molecule has 0 aliphatic carbocycles. The molecule has 2 fully saturated rings. The zero-order chi connectivity index (χ0) is 14.7. The molecule has 2 atom stereocenters. The number of hydrogen-bond donors (Lipinski definition) is 1. The lowest BCUT2D eigenvalue weighted by molar-refractivity contribution is -0.210. The summed E-state index contributed by atoms with van der Waals surface area (Å²) in [6, 6.07) is 6.73. The maximum atomic E-state index is 12.9. The third-order valence-electron chi connectivity index (χ3n) is 4.19. The van der Waals surface area contributed by atoms with Crippen LogP contribution in [0, 0.1) is 5.82 Å². The first kappa shape index (κ1) is 14.9. The van der Waals surface area contributed by atoms with Gasteiger partial charge in [0, 0.05) is 25.4 Å². The van der Waals surface area contributed by atoms with Gasteiger partial charge in [-0.05, 0) is 24.6 Å². The molecule has 0 bridgehead atoms. The topological polar surface area (TPSA) is 39.7 Å². The Kier molecular flexibility index (Phi) is 4.54. The second-order valence-corrected chi connectivity index (χ2v) is 5.76. The number of nitrogens with one attached hydrogen (secondary N) is 1. The van der Waals surface area contributed by atoms with Crippen molar-refractivity contribution in [3.8, 4) is 0 Å². The normalized spacial score (nSPS) is 26.1. The number of rotatable bonds is 4. The van der Waals surface area contributed by atoms with E-state index in [-0.39, 0.29) is 18.0 Å². The van der Waals surface area contributed by atoms with Gasteiger partial charge in [0.1, 0.15) is 5.82 Å². The van der Waals surface area contributed by atoms with Crippen molar-refractivity contribution < 1.29 is 18.6 Å². The summed E-state index contributed by atoms with van der Waals surface area (Å²) in [6.07, 6.45) is 1.67. The molecule has 2 saturated heterocycles. The van der Waals surface area contributed by atoms with Gasteiger partial charge in [-0.25, -0.2) is 4.39 Å². The predicted molar refractivity (Wildman–Crippen MR) is 76.4 cm³/mol. The van der Waals surface area contributed by atoms with Crippen LogP contribution in [-0.2, 0) is 14.2 Å². The van der Waals surface area contributed by atoms with Crippen LogP contribution in [-0.4, -0.2) is 38.3 Å². The molecule has 0 amide bonds. The Morgan fingerprint density at radius 2 is 2.00 bits per heavy atom. The minimum atomic E-state index is -0.427. The van der Waals surface area contributed by atoms with E-state index < -0.39 is 5.79 Å². The summed E-state index contributed by atoms with van der Waals surface area (Å²) >= 11 is 0. The molecule has 4 nitrogen and oxygen atoms in total. The van der Waals surface area contributed by atoms with Crippen LogP contribution >= 0.6 is 0 Å². The smallest absolute Gasteiger partial charge is 0.173 e. The summed E-state index contributed by atoms with van der Waals surface area (Å²) in [6.45, 7) is 4.80. The Bertz CT molecular complexity index is 459. The van der Waals surface area contributed by atoms with Gasteiger partial charge in [0.05, 0.1) is 25.9 Å². The van der Waals surface area contributed by atoms with Gasteiger partial charge >= 0.3 is 0 Å². The van der Waals surface area contributed by atoms with Crippen molar-refractivity contribution in [2.24, 2.45) is 0 Å². The van der Waals surface area contributed by atoms with Gasteiger partial charge in [-0.3, -0.25) is 0 Å². The van der Waals surface area contributed by atoms with Gasteiger partial charge < -0.3 is 19.5 Å². The molecule has 0 aromatic heterocycles. The minimum absolute atomic E-state index is 0.0611. The third-order valence-corrected chi connectivity index (χ3v) is 4.19. The van der Waals surface area contributed by atoms with Gasteiger partial charge in [0.25, 0.3) is 0 Å². The van der Waals surface area contributed by atoms with Crippen LogP contribution < -0.4 is 5.32 Å². The van der Waals surface area contributed by atoms with Crippen molar-refractivity contribution in [2.45, 2.75) is 37.7 Å². The average Bonchev–Trinajstić information content (AvgIpc) is 2.89. The number of benzene rings is 1. The fourth-order valence-electron chi connectivity index (χ4n) is 2.84. The summed E-state index contributed by atoms with van der Waals surface area (Å²) in [5.41, 5.74) is 1.07. The zero-order valence-electron chi connectivity index (χ0n) is 12.3. The maximum Gasteiger partial charge on any atom is 0.173 e. The highest BCUT2D eigenvalue weighted by molar-refractivity contribution is 5.19. The van der Waals surface area contributed by atoms with E-state index in [0.717, 1.165) is 24.9 Å². The molecule has 2 aliphatic rings. The van der Waals surface area contributed by atoms with Gasteiger partial charge in [-0.2, -0.15) is 0 Å². The van der Waals surface area contributed by atoms with E-state index in [0.29, 0.717) is 19.8 Å². The lowest BCUT2D eigenvalue weighted by Crippen LogP contribution is -2.39. The second kappa shape index (κ2) is 6.40. The first-order valence-electron chi connectivity index (χ1n) is 7.55. The van der Waals surface area contributed by atoms with E-state index in [2.05, 4.69) is 12.2 Å². The van der Waals surface area contributed by atoms with Crippen LogP contribution in [0.15, 0.2) is 24.3 Å². The molecule has 0 radical (unpaired) electrons. The first-order chi connectivity index (χ1) is 10.2. The molecule has 2 heterocycles. The largest absolute Gasteiger partial charge is 0.381 e. The number of halogens is 1. The molecule has 1 spiro atoms. The Labute approximate surface area is 124 Å². The SMILES string of the molecule is C[C@H](NC[C@H]1COC2(CCOCC2)O1)c1ccc(F)cc1. The minimum Gasteiger partial charge on any atom is -0.381 e. The molecular formula is C16H22FNO3. The van der Waals surface area contributed by atoms with Crippen molar-refractivity contribution in [1.29, 1.82) is 0 Å². The van der Waals surface area contributed by atoms with E-state index in [1.54, 1.807) is 12.1 Å². The second-order valence-electron chi connectivity index (χ2n) is 5.76. The maximum absolute atomic E-state index is 12.9. The fourth-order valence-corrected chi connectivity index (χ4v) is 2.84. The van der Waals surface area contributed by atoms with Crippen molar-refractivity contribution in [2.75, 3.05) is 26.4 Å². The number of ether oxygens (including phenoxy) is 3. The summed E-state index contributed by atoms with van der Waals surface area (Å²) in [4.78, 5) is 0. The van der Waals surface area contributed by atoms with Crippen molar-refractivity contribution in [3.63, 3.8) is 0 Å². The summed E-state index contributed by atoms with van der Waals surface area (Å²) in [7, 11) is 0. The van der Waals surface area contributed by atoms with Crippen LogP contribution in [0.25, 0.3) is 0 Å². The Balaban J connectivity index is 1.48. The molecule has 21 heavy (non-hydrogen) atoms. The standard InChI is InChI=1S/C16H22FNO3/c1-12(13-2-4-14(17)5-3-13)18-10-15-11-20-16(21-15)6-8-19-9-7-16/h2-5,12,15,18H,6-11H2,1H3/t12-,15-/m0/s1. The molecule has 116 valence electrons. The van der Waals surface area contributed by atoms with E-state index in [1.165, 1.54) is 12.1 Å². The fraction of sp³-hybridized carbons (Fsp3) is 0.625. The predicted octanol–water partition coefficient (Wildman–Crippen LogP) is 2.40. The monoisotopic (exact) mass is 295 g/mol. The summed E-state index contributed by atoms with van der Waals surface area (Å²) in [5.74, 6) is -0.635. The lowest BCUT2D eigenvalue weighted by Gasteiger charge is -2.31. The van der Waals surface area contributed by atoms with Gasteiger partial charge in [-0.15, -0.1) is 0 Å². The molecule has 3 rings (SSSR count). The Hall–Kier alpha value is -1.01. The Morgan fingerprint density at radius 1 is 1.29 bits per heavy atom. The molecular weight excluding hydrogens is 273 g/mol. The van der Waals surface area contributed by atoms with Gasteiger partial charge in [-0.1, -0.05) is 12.1 Å². The lowest BCUT2D eigenvalue weighted by atomic mass is 10.1. The van der Waals surface area contributed by atoms with Crippen LogP contribution in [0.3, 0.4) is 0 Å². The molecule has 0 unspecified atom stereocenters. The average molecular weight is 295 g/mol. The molecule has 1 N–H and O–H groups in total. The molecule has 2 aliphatic heterocycles. The first-order valence-corrected chi connectivity index (χ1v) is 7.55. The highest BCUT2D eigenvalue weighted by atomic mass is 19.1.